The number of nitrogens with zero attached hydrogens (tertiary/aromatic N) is 2. The predicted octanol–water partition coefficient (Wildman–Crippen LogP) is 1.33. The van der Waals surface area contributed by atoms with Crippen molar-refractivity contribution in [2.24, 2.45) is 0 Å². The molecule has 1 unspecified atom stereocenters. The van der Waals surface area contributed by atoms with Crippen LogP contribution in [0.5, 0.6) is 0 Å². The second-order valence-corrected chi connectivity index (χ2v) is 5.25. The number of anilines is 1. The van der Waals surface area contributed by atoms with E-state index in [4.69, 9.17) is 0 Å². The van der Waals surface area contributed by atoms with Crippen LogP contribution in [0.3, 0.4) is 0 Å². The maximum atomic E-state index is 12.3. The van der Waals surface area contributed by atoms with Crippen LogP contribution in [0.4, 0.5) is 5.69 Å². The largest absolute Gasteiger partial charge is 0.394 e. The molecule has 1 amide bonds. The van der Waals surface area contributed by atoms with E-state index in [1.165, 1.54) is 0 Å². The van der Waals surface area contributed by atoms with Gasteiger partial charge in [0, 0.05) is 25.8 Å². The fourth-order valence-corrected chi connectivity index (χ4v) is 2.83. The van der Waals surface area contributed by atoms with Crippen molar-refractivity contribution in [1.29, 1.82) is 0 Å². The van der Waals surface area contributed by atoms with Crippen molar-refractivity contribution in [1.82, 2.24) is 4.90 Å². The first-order chi connectivity index (χ1) is 9.06. The number of aryl methyl sites for hydroxylation is 2. The van der Waals surface area contributed by atoms with Crippen LogP contribution >= 0.6 is 0 Å². The number of aliphatic hydroxyl groups is 1. The van der Waals surface area contributed by atoms with E-state index in [9.17, 15) is 9.90 Å². The Hall–Kier alpha value is -1.55. The summed E-state index contributed by atoms with van der Waals surface area (Å²) in [6.45, 7) is 5.51. The molecule has 0 saturated carbocycles. The van der Waals surface area contributed by atoms with Gasteiger partial charge in [-0.1, -0.05) is 18.2 Å². The van der Waals surface area contributed by atoms with Gasteiger partial charge in [-0.15, -0.1) is 0 Å². The van der Waals surface area contributed by atoms with E-state index in [2.05, 4.69) is 30.9 Å². The number of para-hydroxylation sites is 1. The molecule has 1 aliphatic heterocycles. The number of hydrogen-bond donors (Lipinski definition) is 1. The van der Waals surface area contributed by atoms with Crippen molar-refractivity contribution in [3.05, 3.63) is 29.3 Å². The molecule has 1 aliphatic rings. The zero-order chi connectivity index (χ0) is 14.0. The third-order valence-electron chi connectivity index (χ3n) is 3.83. The van der Waals surface area contributed by atoms with Crippen molar-refractivity contribution in [3.63, 3.8) is 0 Å². The Labute approximate surface area is 114 Å². The fourth-order valence-electron chi connectivity index (χ4n) is 2.83. The van der Waals surface area contributed by atoms with Gasteiger partial charge < -0.3 is 14.9 Å². The number of carbonyl (C=O) groups is 1. The molecule has 19 heavy (non-hydrogen) atoms. The number of aliphatic hydroxyl groups excluding tert-OH is 1. The van der Waals surface area contributed by atoms with Crippen molar-refractivity contribution in [2.45, 2.75) is 26.3 Å². The van der Waals surface area contributed by atoms with Crippen molar-refractivity contribution in [3.8, 4) is 0 Å². The van der Waals surface area contributed by atoms with E-state index >= 15 is 0 Å². The summed E-state index contributed by atoms with van der Waals surface area (Å²) >= 11 is 0. The Balaban J connectivity index is 2.43. The molecule has 4 heteroatoms. The number of hydrogen-bond acceptors (Lipinski definition) is 3. The highest BCUT2D eigenvalue weighted by molar-refractivity contribution is 5.86. The molecule has 104 valence electrons. The molecule has 1 N–H and O–H groups in total. The topological polar surface area (TPSA) is 43.8 Å². The first-order valence-corrected chi connectivity index (χ1v) is 6.75. The molecule has 0 aromatic heterocycles. The molecule has 4 nitrogen and oxygen atoms in total. The summed E-state index contributed by atoms with van der Waals surface area (Å²) in [7, 11) is 1.80. The van der Waals surface area contributed by atoms with E-state index in [1.54, 1.807) is 11.9 Å². The SMILES string of the molecule is Cc1cccc(C)c1N1CCCN(C)C(=O)C1CO. The summed E-state index contributed by atoms with van der Waals surface area (Å²) in [4.78, 5) is 16.1. The highest BCUT2D eigenvalue weighted by atomic mass is 16.3. The smallest absolute Gasteiger partial charge is 0.247 e. The van der Waals surface area contributed by atoms with Crippen molar-refractivity contribution in [2.75, 3.05) is 31.6 Å². The van der Waals surface area contributed by atoms with Crippen LogP contribution in [-0.4, -0.2) is 48.7 Å². The van der Waals surface area contributed by atoms with Crippen LogP contribution < -0.4 is 4.90 Å². The summed E-state index contributed by atoms with van der Waals surface area (Å²) in [6.07, 6.45) is 0.923. The zero-order valence-corrected chi connectivity index (χ0v) is 11.9. The third-order valence-corrected chi connectivity index (χ3v) is 3.83. The Morgan fingerprint density at radius 2 is 1.89 bits per heavy atom. The number of benzene rings is 1. The quantitative estimate of drug-likeness (QED) is 0.874. The van der Waals surface area contributed by atoms with Crippen molar-refractivity contribution < 1.29 is 9.90 Å². The normalized spacial score (nSPS) is 20.6. The molecule has 1 saturated heterocycles. The molecule has 0 aliphatic carbocycles. The summed E-state index contributed by atoms with van der Waals surface area (Å²) in [6, 6.07) is 5.66. The number of rotatable bonds is 2. The van der Waals surface area contributed by atoms with Crippen LogP contribution in [0, 0.1) is 13.8 Å². The van der Waals surface area contributed by atoms with Gasteiger partial charge in [0.2, 0.25) is 5.91 Å². The van der Waals surface area contributed by atoms with Crippen LogP contribution in [0.2, 0.25) is 0 Å². The number of likely N-dealkylation sites (N-methyl/N-ethyl adjacent to an activating group) is 1. The molecule has 2 rings (SSSR count). The molecule has 0 bridgehead atoms. The monoisotopic (exact) mass is 262 g/mol. The van der Waals surface area contributed by atoms with Gasteiger partial charge in [-0.05, 0) is 31.4 Å². The predicted molar refractivity (Wildman–Crippen MR) is 76.4 cm³/mol. The van der Waals surface area contributed by atoms with E-state index < -0.39 is 6.04 Å². The lowest BCUT2D eigenvalue weighted by Gasteiger charge is -2.32. The fraction of sp³-hybridized carbons (Fsp3) is 0.533. The zero-order valence-electron chi connectivity index (χ0n) is 11.9. The second kappa shape index (κ2) is 5.61. The molecule has 0 spiro atoms. The minimum Gasteiger partial charge on any atom is -0.394 e. The first-order valence-electron chi connectivity index (χ1n) is 6.75. The van der Waals surface area contributed by atoms with Gasteiger partial charge >= 0.3 is 0 Å². The molecule has 1 fully saturated rings. The molecule has 1 atom stereocenters. The Morgan fingerprint density at radius 3 is 2.47 bits per heavy atom. The van der Waals surface area contributed by atoms with Gasteiger partial charge in [-0.25, -0.2) is 0 Å². The molecule has 1 aromatic carbocycles. The van der Waals surface area contributed by atoms with Crippen LogP contribution in [0.25, 0.3) is 0 Å². The van der Waals surface area contributed by atoms with E-state index in [0.29, 0.717) is 0 Å². The molecule has 1 aromatic rings. The van der Waals surface area contributed by atoms with Crippen LogP contribution in [0.1, 0.15) is 17.5 Å². The van der Waals surface area contributed by atoms with E-state index in [-0.39, 0.29) is 12.5 Å². The summed E-state index contributed by atoms with van der Waals surface area (Å²) in [5.74, 6) is 0.00246. The highest BCUT2D eigenvalue weighted by Crippen LogP contribution is 2.28. The van der Waals surface area contributed by atoms with Gasteiger partial charge in [0.05, 0.1) is 6.61 Å². The minimum absolute atomic E-state index is 0.00246. The Kier molecular flexibility index (Phi) is 4.10. The second-order valence-electron chi connectivity index (χ2n) is 5.25. The minimum atomic E-state index is -0.465. The summed E-state index contributed by atoms with van der Waals surface area (Å²) in [5.41, 5.74) is 3.39. The number of amides is 1. The standard InChI is InChI=1S/C15H22N2O2/c1-11-6-4-7-12(2)14(11)17-9-5-8-16(3)15(19)13(17)10-18/h4,6-7,13,18H,5,8-10H2,1-3H3. The van der Waals surface area contributed by atoms with Gasteiger partial charge in [-0.3, -0.25) is 4.79 Å². The summed E-state index contributed by atoms with van der Waals surface area (Å²) < 4.78 is 0. The molecule has 0 radical (unpaired) electrons. The maximum absolute atomic E-state index is 12.3. The summed E-state index contributed by atoms with van der Waals surface area (Å²) in [5, 5.41) is 9.63. The third kappa shape index (κ3) is 2.59. The van der Waals surface area contributed by atoms with Gasteiger partial charge in [0.25, 0.3) is 0 Å². The lowest BCUT2D eigenvalue weighted by Crippen LogP contribution is -2.47. The van der Waals surface area contributed by atoms with Crippen molar-refractivity contribution >= 4 is 11.6 Å². The lowest BCUT2D eigenvalue weighted by atomic mass is 10.1. The first kappa shape index (κ1) is 13.9. The highest BCUT2D eigenvalue weighted by Gasteiger charge is 2.31. The molecular weight excluding hydrogens is 240 g/mol. The van der Waals surface area contributed by atoms with E-state index in [1.807, 2.05) is 6.07 Å². The Morgan fingerprint density at radius 1 is 1.26 bits per heavy atom. The maximum Gasteiger partial charge on any atom is 0.247 e. The Bertz CT molecular complexity index is 453. The molecular formula is C15H22N2O2. The number of carbonyl (C=O) groups excluding carboxylic acids is 1. The molecule has 1 heterocycles. The van der Waals surface area contributed by atoms with Crippen LogP contribution in [-0.2, 0) is 4.79 Å². The average molecular weight is 262 g/mol. The lowest BCUT2D eigenvalue weighted by molar-refractivity contribution is -0.131. The van der Waals surface area contributed by atoms with Crippen LogP contribution in [0.15, 0.2) is 18.2 Å². The average Bonchev–Trinajstić information content (AvgIpc) is 2.50. The van der Waals surface area contributed by atoms with Gasteiger partial charge in [-0.2, -0.15) is 0 Å². The van der Waals surface area contributed by atoms with Gasteiger partial charge in [0.1, 0.15) is 6.04 Å². The van der Waals surface area contributed by atoms with Gasteiger partial charge in [0.15, 0.2) is 0 Å². The van der Waals surface area contributed by atoms with E-state index in [0.717, 1.165) is 36.3 Å².